The lowest BCUT2D eigenvalue weighted by atomic mass is 9.94. The van der Waals surface area contributed by atoms with Gasteiger partial charge in [-0.2, -0.15) is 0 Å². The van der Waals surface area contributed by atoms with E-state index >= 15 is 0 Å². The second kappa shape index (κ2) is 9.91. The number of guanidine groups is 1. The Bertz CT molecular complexity index is 781. The van der Waals surface area contributed by atoms with E-state index < -0.39 is 0 Å². The van der Waals surface area contributed by atoms with Crippen LogP contribution in [0.25, 0.3) is 0 Å². The van der Waals surface area contributed by atoms with Crippen LogP contribution >= 0.6 is 24.0 Å². The molecular weight excluding hydrogens is 457 g/mol. The second-order valence-electron chi connectivity index (χ2n) is 7.19. The summed E-state index contributed by atoms with van der Waals surface area (Å²) in [7, 11) is 3.40. The molecular formula is C19H30IN5O2. The molecule has 0 amide bonds. The van der Waals surface area contributed by atoms with Gasteiger partial charge in [0.15, 0.2) is 5.96 Å². The molecule has 2 rings (SSSR count). The number of ether oxygens (including phenoxy) is 1. The van der Waals surface area contributed by atoms with Gasteiger partial charge in [-0.25, -0.2) is 4.98 Å². The summed E-state index contributed by atoms with van der Waals surface area (Å²) < 4.78 is 11.2. The SMILES string of the molecule is CN=C(NCc1ncc(C(C)(C)C)o1)NCc1ncc(C)c(OC)c1C.I. The summed E-state index contributed by atoms with van der Waals surface area (Å²) in [6.45, 7) is 11.3. The van der Waals surface area contributed by atoms with Crippen molar-refractivity contribution in [1.82, 2.24) is 20.6 Å². The molecule has 0 aliphatic heterocycles. The Kier molecular flexibility index (Phi) is 8.52. The number of nitrogens with one attached hydrogen (secondary N) is 2. The van der Waals surface area contributed by atoms with Crippen molar-refractivity contribution in [2.45, 2.75) is 53.1 Å². The maximum absolute atomic E-state index is 5.78. The maximum atomic E-state index is 5.78. The molecule has 0 bridgehead atoms. The Morgan fingerprint density at radius 3 is 2.37 bits per heavy atom. The van der Waals surface area contributed by atoms with Gasteiger partial charge < -0.3 is 19.8 Å². The molecule has 2 heterocycles. The van der Waals surface area contributed by atoms with Crippen molar-refractivity contribution in [2.24, 2.45) is 4.99 Å². The first kappa shape index (κ1) is 23.2. The van der Waals surface area contributed by atoms with Crippen molar-refractivity contribution in [1.29, 1.82) is 0 Å². The Morgan fingerprint density at radius 2 is 1.81 bits per heavy atom. The van der Waals surface area contributed by atoms with Crippen LogP contribution in [-0.2, 0) is 18.5 Å². The van der Waals surface area contributed by atoms with Gasteiger partial charge in [0.25, 0.3) is 0 Å². The van der Waals surface area contributed by atoms with Gasteiger partial charge >= 0.3 is 0 Å². The number of hydrogen-bond acceptors (Lipinski definition) is 5. The number of methoxy groups -OCH3 is 1. The lowest BCUT2D eigenvalue weighted by Gasteiger charge is -2.15. The summed E-state index contributed by atoms with van der Waals surface area (Å²) in [4.78, 5) is 13.0. The number of halogens is 1. The van der Waals surface area contributed by atoms with E-state index in [-0.39, 0.29) is 29.4 Å². The molecule has 0 saturated heterocycles. The van der Waals surface area contributed by atoms with Crippen molar-refractivity contribution in [3.05, 3.63) is 40.9 Å². The first-order valence-electron chi connectivity index (χ1n) is 8.65. The van der Waals surface area contributed by atoms with Crippen LogP contribution in [-0.4, -0.2) is 30.1 Å². The molecule has 0 radical (unpaired) electrons. The minimum Gasteiger partial charge on any atom is -0.496 e. The van der Waals surface area contributed by atoms with E-state index in [0.717, 1.165) is 28.3 Å². The molecule has 0 saturated carbocycles. The first-order chi connectivity index (χ1) is 12.3. The van der Waals surface area contributed by atoms with E-state index in [1.54, 1.807) is 20.4 Å². The molecule has 2 N–H and O–H groups in total. The van der Waals surface area contributed by atoms with Crippen LogP contribution in [0.4, 0.5) is 0 Å². The summed E-state index contributed by atoms with van der Waals surface area (Å²) in [5.74, 6) is 3.02. The summed E-state index contributed by atoms with van der Waals surface area (Å²) in [6.07, 6.45) is 3.60. The Morgan fingerprint density at radius 1 is 1.15 bits per heavy atom. The number of pyridine rings is 1. The maximum Gasteiger partial charge on any atom is 0.213 e. The molecule has 2 aromatic heterocycles. The van der Waals surface area contributed by atoms with Gasteiger partial charge in [-0.05, 0) is 13.8 Å². The highest BCUT2D eigenvalue weighted by molar-refractivity contribution is 14.0. The van der Waals surface area contributed by atoms with Crippen LogP contribution in [0.2, 0.25) is 0 Å². The van der Waals surface area contributed by atoms with Crippen molar-refractivity contribution < 1.29 is 9.15 Å². The summed E-state index contributed by atoms with van der Waals surface area (Å²) >= 11 is 0. The standard InChI is InChI=1S/C19H29N5O2.HI/c1-12-8-21-14(13(2)17(12)25-7)9-23-18(20-6)24-11-16-22-10-15(26-16)19(3,4)5;/h8,10H,9,11H2,1-7H3,(H2,20,23,24);1H. The third-order valence-corrected chi connectivity index (χ3v) is 4.10. The van der Waals surface area contributed by atoms with Crippen LogP contribution in [0.5, 0.6) is 5.75 Å². The predicted molar refractivity (Wildman–Crippen MR) is 118 cm³/mol. The van der Waals surface area contributed by atoms with Gasteiger partial charge in [-0.3, -0.25) is 9.98 Å². The van der Waals surface area contributed by atoms with Crippen molar-refractivity contribution >= 4 is 29.9 Å². The second-order valence-corrected chi connectivity index (χ2v) is 7.19. The number of aryl methyl sites for hydroxylation is 1. The zero-order chi connectivity index (χ0) is 19.3. The van der Waals surface area contributed by atoms with Crippen LogP contribution in [0.15, 0.2) is 21.8 Å². The number of nitrogens with zero attached hydrogens (tertiary/aromatic N) is 3. The molecule has 0 aromatic carbocycles. The number of aliphatic imine (C=N–C) groups is 1. The fourth-order valence-electron chi connectivity index (χ4n) is 2.54. The highest BCUT2D eigenvalue weighted by atomic mass is 127. The van der Waals surface area contributed by atoms with E-state index in [0.29, 0.717) is 24.9 Å². The third-order valence-electron chi connectivity index (χ3n) is 4.10. The smallest absolute Gasteiger partial charge is 0.213 e. The molecule has 150 valence electrons. The first-order valence-corrected chi connectivity index (χ1v) is 8.65. The lowest BCUT2D eigenvalue weighted by Crippen LogP contribution is -2.36. The quantitative estimate of drug-likeness (QED) is 0.382. The molecule has 0 aliphatic rings. The van der Waals surface area contributed by atoms with E-state index in [4.69, 9.17) is 9.15 Å². The van der Waals surface area contributed by atoms with Gasteiger partial charge in [0.05, 0.1) is 32.1 Å². The molecule has 8 heteroatoms. The molecule has 0 atom stereocenters. The number of rotatable bonds is 5. The predicted octanol–water partition coefficient (Wildman–Crippen LogP) is 3.48. The van der Waals surface area contributed by atoms with Gasteiger partial charge in [-0.15, -0.1) is 24.0 Å². The topological polar surface area (TPSA) is 84.6 Å². The zero-order valence-corrected chi connectivity index (χ0v) is 19.5. The summed E-state index contributed by atoms with van der Waals surface area (Å²) in [5, 5.41) is 6.46. The Hall–Kier alpha value is -1.84. The minimum atomic E-state index is -0.0567. The molecule has 0 aliphatic carbocycles. The normalized spacial score (nSPS) is 11.7. The van der Waals surface area contributed by atoms with Crippen LogP contribution in [0.1, 0.15) is 49.2 Å². The van der Waals surface area contributed by atoms with Crippen molar-refractivity contribution in [3.63, 3.8) is 0 Å². The van der Waals surface area contributed by atoms with Crippen molar-refractivity contribution in [2.75, 3.05) is 14.2 Å². The Labute approximate surface area is 178 Å². The van der Waals surface area contributed by atoms with Gasteiger partial charge in [-0.1, -0.05) is 20.8 Å². The number of oxazole rings is 1. The highest BCUT2D eigenvalue weighted by Gasteiger charge is 2.19. The zero-order valence-electron chi connectivity index (χ0n) is 17.1. The molecule has 2 aromatic rings. The lowest BCUT2D eigenvalue weighted by molar-refractivity contribution is 0.379. The van der Waals surface area contributed by atoms with Crippen molar-refractivity contribution in [3.8, 4) is 5.75 Å². The van der Waals surface area contributed by atoms with Gasteiger partial charge in [0.2, 0.25) is 5.89 Å². The summed E-state index contributed by atoms with van der Waals surface area (Å²) in [6, 6.07) is 0. The van der Waals surface area contributed by atoms with Crippen LogP contribution in [0, 0.1) is 13.8 Å². The average molecular weight is 487 g/mol. The van der Waals surface area contributed by atoms with Crippen LogP contribution in [0.3, 0.4) is 0 Å². The molecule has 7 nitrogen and oxygen atoms in total. The molecule has 0 unspecified atom stereocenters. The number of aromatic nitrogens is 2. The van der Waals surface area contributed by atoms with E-state index in [2.05, 4.69) is 46.4 Å². The highest BCUT2D eigenvalue weighted by Crippen LogP contribution is 2.24. The fourth-order valence-corrected chi connectivity index (χ4v) is 2.54. The van der Waals surface area contributed by atoms with E-state index in [1.807, 2.05) is 20.0 Å². The molecule has 27 heavy (non-hydrogen) atoms. The van der Waals surface area contributed by atoms with Gasteiger partial charge in [0, 0.05) is 29.8 Å². The minimum absolute atomic E-state index is 0. The van der Waals surface area contributed by atoms with E-state index in [1.165, 1.54) is 0 Å². The van der Waals surface area contributed by atoms with Gasteiger partial charge in [0.1, 0.15) is 11.5 Å². The largest absolute Gasteiger partial charge is 0.496 e. The fraction of sp³-hybridized carbons (Fsp3) is 0.526. The average Bonchev–Trinajstić information content (AvgIpc) is 3.06. The van der Waals surface area contributed by atoms with E-state index in [9.17, 15) is 0 Å². The van der Waals surface area contributed by atoms with Crippen LogP contribution < -0.4 is 15.4 Å². The Balaban J connectivity index is 0.00000364. The third kappa shape index (κ3) is 6.08. The summed E-state index contributed by atoms with van der Waals surface area (Å²) in [5.41, 5.74) is 2.91. The molecule has 0 fully saturated rings. The number of hydrogen-bond donors (Lipinski definition) is 2. The monoisotopic (exact) mass is 487 g/mol. The molecule has 0 spiro atoms.